The highest BCUT2D eigenvalue weighted by Crippen LogP contribution is 2.14. The van der Waals surface area contributed by atoms with Gasteiger partial charge in [-0.05, 0) is 13.0 Å². The highest BCUT2D eigenvalue weighted by Gasteiger charge is 2.11. The number of nitrogens with zero attached hydrogens (tertiary/aromatic N) is 4. The lowest BCUT2D eigenvalue weighted by molar-refractivity contribution is 0.613. The zero-order valence-electron chi connectivity index (χ0n) is 10.7. The molecule has 0 amide bonds. The summed E-state index contributed by atoms with van der Waals surface area (Å²) in [5, 5.41) is 20.7. The van der Waals surface area contributed by atoms with Crippen molar-refractivity contribution in [2.24, 2.45) is 0 Å². The minimum Gasteiger partial charge on any atom is -0.364 e. The summed E-state index contributed by atoms with van der Waals surface area (Å²) >= 11 is 0. The minimum atomic E-state index is -0.320. The fourth-order valence-electron chi connectivity index (χ4n) is 1.66. The van der Waals surface area contributed by atoms with Crippen molar-refractivity contribution >= 4 is 5.82 Å². The molecule has 0 saturated heterocycles. The van der Waals surface area contributed by atoms with Gasteiger partial charge in [-0.25, -0.2) is 14.4 Å². The molecule has 1 aromatic heterocycles. The first kappa shape index (κ1) is 13.4. The summed E-state index contributed by atoms with van der Waals surface area (Å²) < 4.78 is 13.5. The normalized spacial score (nSPS) is 9.60. The number of halogens is 1. The van der Waals surface area contributed by atoms with Crippen LogP contribution in [0.2, 0.25) is 0 Å². The first-order valence-corrected chi connectivity index (χ1v) is 5.82. The largest absolute Gasteiger partial charge is 0.364 e. The van der Waals surface area contributed by atoms with Gasteiger partial charge in [0.2, 0.25) is 0 Å². The Morgan fingerprint density at radius 3 is 2.45 bits per heavy atom. The molecule has 5 nitrogen and oxygen atoms in total. The van der Waals surface area contributed by atoms with E-state index in [2.05, 4.69) is 15.3 Å². The molecule has 2 rings (SSSR count). The van der Waals surface area contributed by atoms with E-state index >= 15 is 0 Å². The van der Waals surface area contributed by atoms with Crippen LogP contribution in [0, 0.1) is 35.4 Å². The maximum absolute atomic E-state index is 13.5. The van der Waals surface area contributed by atoms with Crippen LogP contribution in [-0.4, -0.2) is 9.97 Å². The fourth-order valence-corrected chi connectivity index (χ4v) is 1.66. The van der Waals surface area contributed by atoms with E-state index in [-0.39, 0.29) is 23.7 Å². The molecule has 1 heterocycles. The maximum Gasteiger partial charge on any atom is 0.179 e. The van der Waals surface area contributed by atoms with Gasteiger partial charge in [0.15, 0.2) is 11.4 Å². The van der Waals surface area contributed by atoms with Crippen molar-refractivity contribution in [3.05, 3.63) is 52.7 Å². The Balaban J connectivity index is 2.25. The molecule has 0 aliphatic heterocycles. The second kappa shape index (κ2) is 5.77. The molecular formula is C14H10FN5. The van der Waals surface area contributed by atoms with Gasteiger partial charge >= 0.3 is 0 Å². The lowest BCUT2D eigenvalue weighted by Gasteiger charge is -2.09. The smallest absolute Gasteiger partial charge is 0.179 e. The molecule has 0 aliphatic carbocycles. The van der Waals surface area contributed by atoms with Crippen molar-refractivity contribution in [3.63, 3.8) is 0 Å². The summed E-state index contributed by atoms with van der Waals surface area (Å²) in [5.41, 5.74) is 0.907. The number of aryl methyl sites for hydroxylation is 1. The molecule has 6 heteroatoms. The molecular weight excluding hydrogens is 257 g/mol. The van der Waals surface area contributed by atoms with Crippen molar-refractivity contribution in [3.8, 4) is 12.1 Å². The Bertz CT molecular complexity index is 727. The minimum absolute atomic E-state index is 0.0126. The van der Waals surface area contributed by atoms with E-state index in [4.69, 9.17) is 10.5 Å². The van der Waals surface area contributed by atoms with Gasteiger partial charge in [0.05, 0.1) is 5.69 Å². The molecule has 0 bridgehead atoms. The van der Waals surface area contributed by atoms with Crippen LogP contribution in [0.15, 0.2) is 24.3 Å². The Labute approximate surface area is 115 Å². The summed E-state index contributed by atoms with van der Waals surface area (Å²) in [6, 6.07) is 9.99. The van der Waals surface area contributed by atoms with E-state index in [0.29, 0.717) is 17.1 Å². The third-order valence-electron chi connectivity index (χ3n) is 2.69. The number of benzene rings is 1. The lowest BCUT2D eigenvalue weighted by atomic mass is 10.2. The number of rotatable bonds is 3. The maximum atomic E-state index is 13.5. The Morgan fingerprint density at radius 1 is 1.15 bits per heavy atom. The number of nitriles is 2. The van der Waals surface area contributed by atoms with Gasteiger partial charge < -0.3 is 5.32 Å². The average molecular weight is 267 g/mol. The van der Waals surface area contributed by atoms with Crippen LogP contribution in [0.1, 0.15) is 22.6 Å². The average Bonchev–Trinajstić information content (AvgIpc) is 2.47. The van der Waals surface area contributed by atoms with Gasteiger partial charge in [0.1, 0.15) is 23.8 Å². The topological polar surface area (TPSA) is 85.4 Å². The summed E-state index contributed by atoms with van der Waals surface area (Å²) in [6.07, 6.45) is 0. The van der Waals surface area contributed by atoms with Crippen LogP contribution in [0.5, 0.6) is 0 Å². The predicted octanol–water partition coefficient (Wildman–Crippen LogP) is 2.28. The quantitative estimate of drug-likeness (QED) is 0.922. The van der Waals surface area contributed by atoms with Crippen LogP contribution in [0.25, 0.3) is 0 Å². The first-order valence-electron chi connectivity index (χ1n) is 5.82. The highest BCUT2D eigenvalue weighted by atomic mass is 19.1. The molecule has 0 unspecified atom stereocenters. The van der Waals surface area contributed by atoms with E-state index < -0.39 is 0 Å². The van der Waals surface area contributed by atoms with Crippen LogP contribution < -0.4 is 5.32 Å². The van der Waals surface area contributed by atoms with Crippen molar-refractivity contribution < 1.29 is 4.39 Å². The number of nitrogens with one attached hydrogen (secondary N) is 1. The molecule has 1 aromatic carbocycles. The zero-order chi connectivity index (χ0) is 14.5. The predicted molar refractivity (Wildman–Crippen MR) is 69.9 cm³/mol. The molecule has 2 aromatic rings. The molecule has 0 aliphatic rings. The van der Waals surface area contributed by atoms with Crippen LogP contribution >= 0.6 is 0 Å². The van der Waals surface area contributed by atoms with E-state index in [1.807, 2.05) is 12.1 Å². The van der Waals surface area contributed by atoms with Crippen molar-refractivity contribution in [2.75, 3.05) is 5.32 Å². The van der Waals surface area contributed by atoms with E-state index in [0.717, 1.165) is 0 Å². The molecule has 1 N–H and O–H groups in total. The van der Waals surface area contributed by atoms with Crippen molar-refractivity contribution in [1.29, 1.82) is 10.5 Å². The summed E-state index contributed by atoms with van der Waals surface area (Å²) in [4.78, 5) is 8.02. The molecule has 20 heavy (non-hydrogen) atoms. The van der Waals surface area contributed by atoms with Crippen LogP contribution in [0.4, 0.5) is 10.2 Å². The molecule has 0 spiro atoms. The number of hydrogen-bond acceptors (Lipinski definition) is 5. The summed E-state index contributed by atoms with van der Waals surface area (Å²) in [6.45, 7) is 1.89. The lowest BCUT2D eigenvalue weighted by Crippen LogP contribution is -2.08. The van der Waals surface area contributed by atoms with Crippen molar-refractivity contribution in [2.45, 2.75) is 13.5 Å². The summed E-state index contributed by atoms with van der Waals surface area (Å²) in [5.74, 6) is 0.0450. The molecule has 0 fully saturated rings. The van der Waals surface area contributed by atoms with E-state index in [1.165, 1.54) is 6.07 Å². The second-order valence-corrected chi connectivity index (χ2v) is 4.02. The molecule has 0 radical (unpaired) electrons. The SMILES string of the molecule is Cc1nc(C#N)c(C#N)nc1NCc1ccccc1F. The van der Waals surface area contributed by atoms with Crippen molar-refractivity contribution in [1.82, 2.24) is 9.97 Å². The van der Waals surface area contributed by atoms with Crippen LogP contribution in [-0.2, 0) is 6.54 Å². The highest BCUT2D eigenvalue weighted by molar-refractivity contribution is 5.47. The third-order valence-corrected chi connectivity index (χ3v) is 2.69. The van der Waals surface area contributed by atoms with Gasteiger partial charge in [-0.2, -0.15) is 10.5 Å². The van der Waals surface area contributed by atoms with Gasteiger partial charge in [-0.15, -0.1) is 0 Å². The zero-order valence-corrected chi connectivity index (χ0v) is 10.7. The summed E-state index contributed by atoms with van der Waals surface area (Å²) in [7, 11) is 0. The Kier molecular flexibility index (Phi) is 3.88. The molecule has 98 valence electrons. The second-order valence-electron chi connectivity index (χ2n) is 4.02. The van der Waals surface area contributed by atoms with Crippen LogP contribution in [0.3, 0.4) is 0 Å². The van der Waals surface area contributed by atoms with Gasteiger partial charge in [-0.1, -0.05) is 18.2 Å². The van der Waals surface area contributed by atoms with E-state index in [1.54, 1.807) is 25.1 Å². The molecule has 0 atom stereocenters. The van der Waals surface area contributed by atoms with Gasteiger partial charge in [0, 0.05) is 12.1 Å². The first-order chi connectivity index (χ1) is 9.65. The Morgan fingerprint density at radius 2 is 1.80 bits per heavy atom. The fraction of sp³-hybridized carbons (Fsp3) is 0.143. The van der Waals surface area contributed by atoms with Gasteiger partial charge in [-0.3, -0.25) is 0 Å². The Hall–Kier alpha value is -2.99. The van der Waals surface area contributed by atoms with E-state index in [9.17, 15) is 4.39 Å². The van der Waals surface area contributed by atoms with Gasteiger partial charge in [0.25, 0.3) is 0 Å². The standard InChI is InChI=1S/C14H10FN5/c1-9-14(20-13(7-17)12(6-16)19-9)18-8-10-4-2-3-5-11(10)15/h2-5H,8H2,1H3,(H,18,20). The molecule has 0 saturated carbocycles. The monoisotopic (exact) mass is 267 g/mol. The number of anilines is 1. The number of aromatic nitrogens is 2. The number of hydrogen-bond donors (Lipinski definition) is 1. The third kappa shape index (κ3) is 2.70.